The molecule has 0 N–H and O–H groups in total. The molecule has 5 heteroatoms. The molecule has 7 aromatic carbocycles. The Kier molecular flexibility index (Phi) is 6.96. The van der Waals surface area contributed by atoms with Gasteiger partial charge in [-0.2, -0.15) is 0 Å². The zero-order valence-corrected chi connectivity index (χ0v) is 28.2. The Morgan fingerprint density at radius 1 is 0.431 bits per heavy atom. The van der Waals surface area contributed by atoms with E-state index in [2.05, 4.69) is 132 Å². The van der Waals surface area contributed by atoms with E-state index in [9.17, 15) is 0 Å². The number of anilines is 3. The molecule has 0 unspecified atom stereocenters. The molecular formula is C46H29N3OS. The summed E-state index contributed by atoms with van der Waals surface area (Å²) >= 11 is 1.83. The summed E-state index contributed by atoms with van der Waals surface area (Å²) in [4.78, 5) is 12.6. The Morgan fingerprint density at radius 2 is 1.06 bits per heavy atom. The maximum atomic E-state index is 6.65. The van der Waals surface area contributed by atoms with Crippen LogP contribution in [0.1, 0.15) is 0 Å². The fourth-order valence-corrected chi connectivity index (χ4v) is 8.17. The summed E-state index contributed by atoms with van der Waals surface area (Å²) in [7, 11) is 0. The minimum absolute atomic E-state index is 0.674. The van der Waals surface area contributed by atoms with Crippen LogP contribution in [0.2, 0.25) is 0 Å². The topological polar surface area (TPSA) is 42.2 Å². The van der Waals surface area contributed by atoms with E-state index in [0.717, 1.165) is 67.1 Å². The minimum atomic E-state index is 0.674. The van der Waals surface area contributed by atoms with Crippen LogP contribution in [0.25, 0.3) is 76.0 Å². The molecule has 0 atom stereocenters. The van der Waals surface area contributed by atoms with E-state index < -0.39 is 0 Å². The van der Waals surface area contributed by atoms with Crippen LogP contribution < -0.4 is 4.90 Å². The lowest BCUT2D eigenvalue weighted by molar-refractivity contribution is 0.669. The van der Waals surface area contributed by atoms with Crippen molar-refractivity contribution >= 4 is 70.5 Å². The Labute approximate surface area is 298 Å². The van der Waals surface area contributed by atoms with Gasteiger partial charge in [0.05, 0.1) is 22.5 Å². The van der Waals surface area contributed by atoms with E-state index in [1.807, 2.05) is 59.9 Å². The molecule has 0 fully saturated rings. The van der Waals surface area contributed by atoms with Gasteiger partial charge in [-0.1, -0.05) is 115 Å². The maximum absolute atomic E-state index is 6.65. The average Bonchev–Trinajstić information content (AvgIpc) is 3.77. The standard InChI is InChI=1S/C46H29N3OS/c1-4-14-30(15-5-1)38-29-39(48-46(47-38)31-16-6-2-7-17-31)32-26-40(45-36-21-10-12-22-41(36)50-42(45)27-32)49(33-18-8-3-9-19-33)34-24-25-44-37(28-34)35-20-11-13-23-43(35)51-44/h1-29H. The third-order valence-corrected chi connectivity index (χ3v) is 10.6. The summed E-state index contributed by atoms with van der Waals surface area (Å²) in [6, 6.07) is 61.3. The highest BCUT2D eigenvalue weighted by Crippen LogP contribution is 2.46. The number of furan rings is 1. The van der Waals surface area contributed by atoms with E-state index in [1.165, 1.54) is 20.2 Å². The van der Waals surface area contributed by atoms with Crippen LogP contribution >= 0.6 is 11.3 Å². The van der Waals surface area contributed by atoms with E-state index in [-0.39, 0.29) is 0 Å². The van der Waals surface area contributed by atoms with Crippen molar-refractivity contribution in [2.24, 2.45) is 0 Å². The minimum Gasteiger partial charge on any atom is -0.456 e. The van der Waals surface area contributed by atoms with Crippen LogP contribution in [0.5, 0.6) is 0 Å². The first-order valence-corrected chi connectivity index (χ1v) is 17.8. The molecule has 0 radical (unpaired) electrons. The third kappa shape index (κ3) is 5.14. The Morgan fingerprint density at radius 3 is 1.84 bits per heavy atom. The summed E-state index contributed by atoms with van der Waals surface area (Å²) in [5, 5.41) is 4.63. The zero-order valence-electron chi connectivity index (χ0n) is 27.4. The molecule has 240 valence electrons. The lowest BCUT2D eigenvalue weighted by Gasteiger charge is -2.27. The first-order valence-electron chi connectivity index (χ1n) is 17.0. The van der Waals surface area contributed by atoms with Crippen molar-refractivity contribution in [3.63, 3.8) is 0 Å². The van der Waals surface area contributed by atoms with E-state index in [4.69, 9.17) is 14.4 Å². The molecule has 0 aliphatic heterocycles. The van der Waals surface area contributed by atoms with Gasteiger partial charge in [0.15, 0.2) is 5.82 Å². The predicted octanol–water partition coefficient (Wildman–Crippen LogP) is 13.2. The molecule has 0 aliphatic carbocycles. The van der Waals surface area contributed by atoms with Crippen LogP contribution in [-0.4, -0.2) is 9.97 Å². The lowest BCUT2D eigenvalue weighted by Crippen LogP contribution is -2.10. The molecule has 0 amide bonds. The van der Waals surface area contributed by atoms with Gasteiger partial charge in [-0.25, -0.2) is 9.97 Å². The second-order valence-corrected chi connectivity index (χ2v) is 13.7. The molecule has 0 saturated carbocycles. The van der Waals surface area contributed by atoms with Crippen molar-refractivity contribution in [3.8, 4) is 33.9 Å². The van der Waals surface area contributed by atoms with Gasteiger partial charge in [0.2, 0.25) is 0 Å². The Hall–Kier alpha value is -6.56. The average molecular weight is 672 g/mol. The number of benzene rings is 7. The summed E-state index contributed by atoms with van der Waals surface area (Å²) in [6.45, 7) is 0. The van der Waals surface area contributed by atoms with Crippen LogP contribution in [0.15, 0.2) is 180 Å². The number of thiophene rings is 1. The fourth-order valence-electron chi connectivity index (χ4n) is 7.08. The highest BCUT2D eigenvalue weighted by molar-refractivity contribution is 7.25. The largest absolute Gasteiger partial charge is 0.456 e. The van der Waals surface area contributed by atoms with Gasteiger partial charge in [0.1, 0.15) is 11.2 Å². The molecule has 3 heterocycles. The first kappa shape index (κ1) is 29.4. The number of rotatable bonds is 6. The summed E-state index contributed by atoms with van der Waals surface area (Å²) in [5.74, 6) is 0.674. The molecule has 4 nitrogen and oxygen atoms in total. The quantitative estimate of drug-likeness (QED) is 0.176. The van der Waals surface area contributed by atoms with Crippen molar-refractivity contribution in [3.05, 3.63) is 176 Å². The van der Waals surface area contributed by atoms with E-state index in [1.54, 1.807) is 0 Å². The maximum Gasteiger partial charge on any atom is 0.160 e. The molecule has 0 aliphatic rings. The number of hydrogen-bond donors (Lipinski definition) is 0. The van der Waals surface area contributed by atoms with Crippen molar-refractivity contribution < 1.29 is 4.42 Å². The molecule has 0 spiro atoms. The zero-order chi connectivity index (χ0) is 33.7. The van der Waals surface area contributed by atoms with Crippen LogP contribution in [0, 0.1) is 0 Å². The number of hydrogen-bond acceptors (Lipinski definition) is 5. The number of aromatic nitrogens is 2. The number of para-hydroxylation sites is 2. The van der Waals surface area contributed by atoms with Crippen molar-refractivity contribution in [2.45, 2.75) is 0 Å². The summed E-state index contributed by atoms with van der Waals surface area (Å²) in [6.07, 6.45) is 0. The predicted molar refractivity (Wildman–Crippen MR) is 213 cm³/mol. The van der Waals surface area contributed by atoms with Gasteiger partial charge in [0.25, 0.3) is 0 Å². The van der Waals surface area contributed by atoms with Crippen molar-refractivity contribution in [1.82, 2.24) is 9.97 Å². The highest BCUT2D eigenvalue weighted by Gasteiger charge is 2.23. The van der Waals surface area contributed by atoms with Crippen molar-refractivity contribution in [2.75, 3.05) is 4.90 Å². The number of fused-ring (bicyclic) bond motifs is 6. The molecule has 10 rings (SSSR count). The van der Waals surface area contributed by atoms with Gasteiger partial charge in [-0.15, -0.1) is 11.3 Å². The van der Waals surface area contributed by atoms with Gasteiger partial charge in [-0.3, -0.25) is 0 Å². The van der Waals surface area contributed by atoms with Gasteiger partial charge >= 0.3 is 0 Å². The van der Waals surface area contributed by atoms with Crippen LogP contribution in [0.3, 0.4) is 0 Å². The fraction of sp³-hybridized carbons (Fsp3) is 0. The second kappa shape index (κ2) is 12.1. The number of nitrogens with zero attached hydrogens (tertiary/aromatic N) is 3. The second-order valence-electron chi connectivity index (χ2n) is 12.6. The summed E-state index contributed by atoms with van der Waals surface area (Å²) in [5.41, 5.74) is 9.39. The van der Waals surface area contributed by atoms with Gasteiger partial charge in [-0.05, 0) is 60.7 Å². The van der Waals surface area contributed by atoms with E-state index >= 15 is 0 Å². The highest BCUT2D eigenvalue weighted by atomic mass is 32.1. The first-order chi connectivity index (χ1) is 25.3. The third-order valence-electron chi connectivity index (χ3n) is 9.45. The normalized spacial score (nSPS) is 11.5. The van der Waals surface area contributed by atoms with Crippen LogP contribution in [-0.2, 0) is 0 Å². The monoisotopic (exact) mass is 671 g/mol. The molecular weight excluding hydrogens is 643 g/mol. The molecule has 10 aromatic rings. The molecule has 51 heavy (non-hydrogen) atoms. The molecule has 0 bridgehead atoms. The summed E-state index contributed by atoms with van der Waals surface area (Å²) < 4.78 is 9.21. The van der Waals surface area contributed by atoms with Gasteiger partial charge in [0, 0.05) is 53.6 Å². The molecule has 3 aromatic heterocycles. The van der Waals surface area contributed by atoms with Crippen molar-refractivity contribution in [1.29, 1.82) is 0 Å². The lowest BCUT2D eigenvalue weighted by atomic mass is 10.0. The molecule has 0 saturated heterocycles. The van der Waals surface area contributed by atoms with Gasteiger partial charge < -0.3 is 9.32 Å². The Bertz CT molecular complexity index is 2800. The van der Waals surface area contributed by atoms with E-state index in [0.29, 0.717) is 5.82 Å². The Balaban J connectivity index is 1.27. The van der Waals surface area contributed by atoms with Crippen LogP contribution in [0.4, 0.5) is 17.1 Å². The SMILES string of the molecule is c1ccc(-c2cc(-c3cc(N(c4ccccc4)c4ccc5sc6ccccc6c5c4)c4c(c3)oc3ccccc34)nc(-c3ccccc3)n2)cc1. The smallest absolute Gasteiger partial charge is 0.160 e.